The molecule has 0 saturated heterocycles. The van der Waals surface area contributed by atoms with Crippen LogP contribution in [0.25, 0.3) is 0 Å². The Labute approximate surface area is 176 Å². The molecule has 0 aliphatic rings. The molecule has 2 aromatic carbocycles. The van der Waals surface area contributed by atoms with E-state index in [0.717, 1.165) is 40.4 Å². The van der Waals surface area contributed by atoms with Gasteiger partial charge in [0, 0.05) is 20.2 Å². The maximum Gasteiger partial charge on any atom is 0.130 e. The van der Waals surface area contributed by atoms with Crippen LogP contribution in [0.2, 0.25) is 0 Å². The highest BCUT2D eigenvalue weighted by Crippen LogP contribution is 2.37. The van der Waals surface area contributed by atoms with E-state index < -0.39 is 0 Å². The van der Waals surface area contributed by atoms with Crippen molar-refractivity contribution in [2.75, 3.05) is 20.2 Å². The van der Waals surface area contributed by atoms with Crippen LogP contribution in [0.3, 0.4) is 0 Å². The van der Waals surface area contributed by atoms with E-state index in [1.165, 1.54) is 0 Å². The van der Waals surface area contributed by atoms with Gasteiger partial charge in [-0.05, 0) is 81.5 Å². The number of aryl methyl sites for hydroxylation is 2. The molecule has 29 heavy (non-hydrogen) atoms. The molecule has 0 amide bonds. The molecule has 0 aliphatic carbocycles. The van der Waals surface area contributed by atoms with E-state index in [9.17, 15) is 0 Å². The van der Waals surface area contributed by atoms with E-state index in [4.69, 9.17) is 9.47 Å². The van der Waals surface area contributed by atoms with Crippen LogP contribution in [0.5, 0.6) is 11.5 Å². The lowest BCUT2D eigenvalue weighted by atomic mass is 9.85. The maximum absolute atomic E-state index is 6.27. The zero-order valence-electron chi connectivity index (χ0n) is 19.2. The fourth-order valence-electron chi connectivity index (χ4n) is 3.14. The molecule has 1 unspecified atom stereocenters. The SMILES string of the molecule is CCOC(C)(c1cccc(Oc2cc(C)c(/N=C\N(C)CC)cc2C)c1)C(C)C. The monoisotopic (exact) mass is 396 g/mol. The predicted octanol–water partition coefficient (Wildman–Crippen LogP) is 6.61. The molecule has 2 rings (SSSR count). The molecule has 4 heteroatoms. The van der Waals surface area contributed by atoms with Crippen molar-refractivity contribution in [2.24, 2.45) is 10.9 Å². The number of hydrogen-bond acceptors (Lipinski definition) is 3. The van der Waals surface area contributed by atoms with Gasteiger partial charge in [-0.25, -0.2) is 4.99 Å². The molecule has 4 nitrogen and oxygen atoms in total. The molecule has 1 atom stereocenters. The van der Waals surface area contributed by atoms with Gasteiger partial charge in [0.25, 0.3) is 0 Å². The first-order valence-electron chi connectivity index (χ1n) is 10.5. The minimum Gasteiger partial charge on any atom is -0.457 e. The van der Waals surface area contributed by atoms with Gasteiger partial charge < -0.3 is 14.4 Å². The highest BCUT2D eigenvalue weighted by atomic mass is 16.5. The highest BCUT2D eigenvalue weighted by molar-refractivity contribution is 5.64. The van der Waals surface area contributed by atoms with E-state index >= 15 is 0 Å². The summed E-state index contributed by atoms with van der Waals surface area (Å²) in [6.07, 6.45) is 1.87. The van der Waals surface area contributed by atoms with E-state index in [2.05, 4.69) is 75.7 Å². The van der Waals surface area contributed by atoms with Crippen LogP contribution in [-0.4, -0.2) is 31.4 Å². The summed E-state index contributed by atoms with van der Waals surface area (Å²) < 4.78 is 12.4. The second kappa shape index (κ2) is 9.93. The van der Waals surface area contributed by atoms with E-state index in [-0.39, 0.29) is 5.60 Å². The van der Waals surface area contributed by atoms with Gasteiger partial charge in [0.2, 0.25) is 0 Å². The Morgan fingerprint density at radius 2 is 1.83 bits per heavy atom. The van der Waals surface area contributed by atoms with Crippen LogP contribution in [0.4, 0.5) is 5.69 Å². The fourth-order valence-corrected chi connectivity index (χ4v) is 3.14. The fraction of sp³-hybridized carbons (Fsp3) is 0.480. The Balaban J connectivity index is 2.31. The normalized spacial score (nSPS) is 13.7. The van der Waals surface area contributed by atoms with Crippen LogP contribution >= 0.6 is 0 Å². The minimum atomic E-state index is -0.344. The molecule has 158 valence electrons. The number of aliphatic imine (C=N–C) groups is 1. The molecular formula is C25H36N2O2. The van der Waals surface area contributed by atoms with Gasteiger partial charge >= 0.3 is 0 Å². The van der Waals surface area contributed by atoms with Crippen LogP contribution in [0.15, 0.2) is 41.4 Å². The first kappa shape index (κ1) is 23.0. The van der Waals surface area contributed by atoms with Crippen LogP contribution in [0, 0.1) is 19.8 Å². The summed E-state index contributed by atoms with van der Waals surface area (Å²) in [5, 5.41) is 0. The molecule has 0 bridgehead atoms. The minimum absolute atomic E-state index is 0.344. The molecule has 2 aromatic rings. The molecule has 0 fully saturated rings. The summed E-state index contributed by atoms with van der Waals surface area (Å²) in [6.45, 7) is 16.4. The first-order valence-corrected chi connectivity index (χ1v) is 10.5. The lowest BCUT2D eigenvalue weighted by Crippen LogP contribution is -2.32. The summed E-state index contributed by atoms with van der Waals surface area (Å²) in [4.78, 5) is 6.65. The number of benzene rings is 2. The average Bonchev–Trinajstić information content (AvgIpc) is 2.69. The van der Waals surface area contributed by atoms with Gasteiger partial charge in [0.15, 0.2) is 0 Å². The zero-order chi connectivity index (χ0) is 21.6. The number of rotatable bonds is 9. The first-order chi connectivity index (χ1) is 13.7. The van der Waals surface area contributed by atoms with Crippen molar-refractivity contribution in [2.45, 2.75) is 54.1 Å². The van der Waals surface area contributed by atoms with Crippen LogP contribution in [-0.2, 0) is 10.3 Å². The van der Waals surface area contributed by atoms with Crippen molar-refractivity contribution in [3.63, 3.8) is 0 Å². The molecule has 0 radical (unpaired) electrons. The van der Waals surface area contributed by atoms with Gasteiger partial charge in [-0.1, -0.05) is 26.0 Å². The van der Waals surface area contributed by atoms with Gasteiger partial charge in [-0.2, -0.15) is 0 Å². The summed E-state index contributed by atoms with van der Waals surface area (Å²) >= 11 is 0. The largest absolute Gasteiger partial charge is 0.457 e. The Bertz CT molecular complexity index is 845. The van der Waals surface area contributed by atoms with E-state index in [1.807, 2.05) is 32.4 Å². The van der Waals surface area contributed by atoms with E-state index in [0.29, 0.717) is 12.5 Å². The van der Waals surface area contributed by atoms with Gasteiger partial charge in [0.05, 0.1) is 17.6 Å². The summed E-state index contributed by atoms with van der Waals surface area (Å²) in [7, 11) is 2.02. The van der Waals surface area contributed by atoms with Gasteiger partial charge in [0.1, 0.15) is 11.5 Å². The van der Waals surface area contributed by atoms with Crippen molar-refractivity contribution < 1.29 is 9.47 Å². The quantitative estimate of drug-likeness (QED) is 0.353. The third-order valence-electron chi connectivity index (χ3n) is 5.57. The van der Waals surface area contributed by atoms with E-state index in [1.54, 1.807) is 0 Å². The lowest BCUT2D eigenvalue weighted by Gasteiger charge is -2.34. The van der Waals surface area contributed by atoms with Crippen molar-refractivity contribution in [3.05, 3.63) is 53.1 Å². The van der Waals surface area contributed by atoms with Crippen LogP contribution in [0.1, 0.15) is 51.3 Å². The second-order valence-corrected chi connectivity index (χ2v) is 8.05. The Morgan fingerprint density at radius 1 is 1.10 bits per heavy atom. The van der Waals surface area contributed by atoms with Gasteiger partial charge in [-0.3, -0.25) is 0 Å². The Morgan fingerprint density at radius 3 is 2.45 bits per heavy atom. The van der Waals surface area contributed by atoms with Crippen molar-refractivity contribution in [3.8, 4) is 11.5 Å². The average molecular weight is 397 g/mol. The van der Waals surface area contributed by atoms with Gasteiger partial charge in [-0.15, -0.1) is 0 Å². The Hall–Kier alpha value is -2.33. The molecule has 0 saturated carbocycles. The molecule has 0 heterocycles. The Kier molecular flexibility index (Phi) is 7.86. The zero-order valence-corrected chi connectivity index (χ0v) is 19.2. The number of nitrogens with zero attached hydrogens (tertiary/aromatic N) is 2. The van der Waals surface area contributed by atoms with Crippen molar-refractivity contribution in [1.82, 2.24) is 4.90 Å². The summed E-state index contributed by atoms with van der Waals surface area (Å²) in [5.41, 5.74) is 3.90. The lowest BCUT2D eigenvalue weighted by molar-refractivity contribution is -0.0644. The third kappa shape index (κ3) is 5.60. The predicted molar refractivity (Wildman–Crippen MR) is 123 cm³/mol. The third-order valence-corrected chi connectivity index (χ3v) is 5.57. The summed E-state index contributed by atoms with van der Waals surface area (Å²) in [5.74, 6) is 2.02. The van der Waals surface area contributed by atoms with Crippen molar-refractivity contribution >= 4 is 12.0 Å². The molecule has 0 aromatic heterocycles. The highest BCUT2D eigenvalue weighted by Gasteiger charge is 2.31. The molecule has 0 spiro atoms. The molecule has 0 N–H and O–H groups in total. The number of hydrogen-bond donors (Lipinski definition) is 0. The smallest absolute Gasteiger partial charge is 0.130 e. The topological polar surface area (TPSA) is 34.1 Å². The standard InChI is InChI=1S/C25H36N2O2/c1-9-27(8)17-26-23-14-20(6)24(15-19(23)5)29-22-13-11-12-21(16-22)25(7,18(3)4)28-10-2/h11-18H,9-10H2,1-8H3/b26-17-. The van der Waals surface area contributed by atoms with Crippen LogP contribution < -0.4 is 4.74 Å². The van der Waals surface area contributed by atoms with Crippen molar-refractivity contribution in [1.29, 1.82) is 0 Å². The summed E-state index contributed by atoms with van der Waals surface area (Å²) in [6, 6.07) is 12.4. The maximum atomic E-state index is 6.27. The molecule has 0 aliphatic heterocycles. The number of ether oxygens (including phenoxy) is 2. The second-order valence-electron chi connectivity index (χ2n) is 8.05. The molecular weight excluding hydrogens is 360 g/mol.